The van der Waals surface area contributed by atoms with Crippen LogP contribution in [0, 0.1) is 0 Å². The Morgan fingerprint density at radius 1 is 1.06 bits per heavy atom. The van der Waals surface area contributed by atoms with Crippen LogP contribution in [0.1, 0.15) is 16.7 Å². The minimum absolute atomic E-state index is 0.0294. The van der Waals surface area contributed by atoms with Crippen molar-refractivity contribution < 1.29 is 28.5 Å². The van der Waals surface area contributed by atoms with Crippen LogP contribution in [0.4, 0.5) is 4.79 Å². The molecular weight excluding hydrogens is 570 g/mol. The van der Waals surface area contributed by atoms with Gasteiger partial charge in [0.15, 0.2) is 23.0 Å². The molecule has 0 atom stereocenters. The molecule has 3 aromatic rings. The Morgan fingerprint density at radius 3 is 2.56 bits per heavy atom. The molecular formula is C26H19BrClNO6S. The maximum Gasteiger partial charge on any atom is 0.293 e. The number of methoxy groups -OCH3 is 1. The van der Waals surface area contributed by atoms with Gasteiger partial charge in [-0.1, -0.05) is 45.7 Å². The van der Waals surface area contributed by atoms with Gasteiger partial charge in [0.05, 0.1) is 18.6 Å². The van der Waals surface area contributed by atoms with Crippen LogP contribution in [-0.2, 0) is 17.9 Å². The highest BCUT2D eigenvalue weighted by molar-refractivity contribution is 9.10. The van der Waals surface area contributed by atoms with E-state index in [1.807, 2.05) is 24.3 Å². The Labute approximate surface area is 225 Å². The number of thioether (sulfide) groups is 1. The quantitative estimate of drug-likeness (QED) is 0.286. The molecule has 2 heterocycles. The van der Waals surface area contributed by atoms with Gasteiger partial charge in [-0.25, -0.2) is 0 Å². The summed E-state index contributed by atoms with van der Waals surface area (Å²) < 4.78 is 23.1. The minimum Gasteiger partial charge on any atom is -0.493 e. The van der Waals surface area contributed by atoms with E-state index in [9.17, 15) is 9.59 Å². The molecule has 2 aliphatic rings. The van der Waals surface area contributed by atoms with E-state index in [-0.39, 0.29) is 18.6 Å². The second-order valence-corrected chi connectivity index (χ2v) is 10.2. The van der Waals surface area contributed by atoms with Gasteiger partial charge in [0.1, 0.15) is 6.61 Å². The van der Waals surface area contributed by atoms with Crippen molar-refractivity contribution in [1.82, 2.24) is 4.90 Å². The summed E-state index contributed by atoms with van der Waals surface area (Å²) in [6, 6.07) is 16.5. The lowest BCUT2D eigenvalue weighted by atomic mass is 10.1. The SMILES string of the molecule is COc1ccc(/C=C2\SC(=O)N(Cc3cc4c(cc3Cl)OCO4)C2=O)cc1OCc1ccc(Br)cc1. The van der Waals surface area contributed by atoms with E-state index in [0.29, 0.717) is 50.7 Å². The van der Waals surface area contributed by atoms with Crippen molar-refractivity contribution in [3.05, 3.63) is 85.7 Å². The summed E-state index contributed by atoms with van der Waals surface area (Å²) >= 11 is 10.6. The lowest BCUT2D eigenvalue weighted by Crippen LogP contribution is -2.27. The van der Waals surface area contributed by atoms with Gasteiger partial charge in [-0.2, -0.15) is 0 Å². The molecule has 0 bridgehead atoms. The van der Waals surface area contributed by atoms with Crippen LogP contribution < -0.4 is 18.9 Å². The molecule has 184 valence electrons. The monoisotopic (exact) mass is 587 g/mol. The summed E-state index contributed by atoms with van der Waals surface area (Å²) in [4.78, 5) is 27.2. The van der Waals surface area contributed by atoms with Crippen LogP contribution in [0.25, 0.3) is 6.08 Å². The van der Waals surface area contributed by atoms with Crippen LogP contribution in [0.15, 0.2) is 64.0 Å². The van der Waals surface area contributed by atoms with Crippen LogP contribution >= 0.6 is 39.3 Å². The van der Waals surface area contributed by atoms with E-state index < -0.39 is 5.91 Å². The summed E-state index contributed by atoms with van der Waals surface area (Å²) in [6.07, 6.45) is 1.66. The molecule has 2 aliphatic heterocycles. The highest BCUT2D eigenvalue weighted by atomic mass is 79.9. The number of amides is 2. The molecule has 5 rings (SSSR count). The summed E-state index contributed by atoms with van der Waals surface area (Å²) in [7, 11) is 1.56. The number of benzene rings is 3. The number of rotatable bonds is 7. The standard InChI is InChI=1S/C26H19BrClNO6S/c1-32-20-7-4-16(8-21(20)33-13-15-2-5-18(27)6-3-15)9-24-25(30)29(26(31)36-24)12-17-10-22-23(11-19(17)28)35-14-34-22/h2-11H,12-14H2,1H3/b24-9-. The maximum absolute atomic E-state index is 13.1. The average molecular weight is 589 g/mol. The first kappa shape index (κ1) is 24.5. The first-order chi connectivity index (χ1) is 17.4. The van der Waals surface area contributed by atoms with Crippen molar-refractivity contribution in [1.29, 1.82) is 0 Å². The van der Waals surface area contributed by atoms with Gasteiger partial charge in [0.25, 0.3) is 11.1 Å². The zero-order chi connectivity index (χ0) is 25.2. The lowest BCUT2D eigenvalue weighted by molar-refractivity contribution is -0.123. The zero-order valence-corrected chi connectivity index (χ0v) is 22.1. The van der Waals surface area contributed by atoms with Gasteiger partial charge in [0, 0.05) is 15.6 Å². The fourth-order valence-corrected chi connectivity index (χ4v) is 4.99. The Morgan fingerprint density at radius 2 is 1.81 bits per heavy atom. The van der Waals surface area contributed by atoms with E-state index in [1.165, 1.54) is 0 Å². The van der Waals surface area contributed by atoms with Gasteiger partial charge < -0.3 is 18.9 Å². The molecule has 1 saturated heterocycles. The number of halogens is 2. The van der Waals surface area contributed by atoms with Crippen molar-refractivity contribution >= 4 is 56.5 Å². The van der Waals surface area contributed by atoms with Crippen molar-refractivity contribution in [3.63, 3.8) is 0 Å². The number of nitrogens with zero attached hydrogens (tertiary/aromatic N) is 1. The molecule has 0 aromatic heterocycles. The Hall–Kier alpha value is -3.14. The van der Waals surface area contributed by atoms with Gasteiger partial charge in [-0.05, 0) is 64.9 Å². The van der Waals surface area contributed by atoms with Crippen LogP contribution in [0.3, 0.4) is 0 Å². The van der Waals surface area contributed by atoms with Gasteiger partial charge >= 0.3 is 0 Å². The molecule has 3 aromatic carbocycles. The lowest BCUT2D eigenvalue weighted by Gasteiger charge is -2.14. The molecule has 0 saturated carbocycles. The smallest absolute Gasteiger partial charge is 0.293 e. The average Bonchev–Trinajstić information content (AvgIpc) is 3.43. The number of carbonyl (C=O) groups excluding carboxylic acids is 2. The predicted molar refractivity (Wildman–Crippen MR) is 141 cm³/mol. The number of hydrogen-bond donors (Lipinski definition) is 0. The number of hydrogen-bond acceptors (Lipinski definition) is 7. The normalized spacial score (nSPS) is 15.6. The maximum atomic E-state index is 13.1. The predicted octanol–water partition coefficient (Wildman–Crippen LogP) is 6.66. The Balaban J connectivity index is 1.33. The fourth-order valence-electron chi connectivity index (χ4n) is 3.68. The topological polar surface area (TPSA) is 74.3 Å². The highest BCUT2D eigenvalue weighted by Crippen LogP contribution is 2.40. The van der Waals surface area contributed by atoms with Crippen molar-refractivity contribution in [3.8, 4) is 23.0 Å². The minimum atomic E-state index is -0.396. The van der Waals surface area contributed by atoms with E-state index in [4.69, 9.17) is 30.5 Å². The van der Waals surface area contributed by atoms with E-state index in [2.05, 4.69) is 15.9 Å². The molecule has 10 heteroatoms. The Bertz CT molecular complexity index is 1380. The fraction of sp³-hybridized carbons (Fsp3) is 0.154. The Kier molecular flexibility index (Phi) is 7.13. The van der Waals surface area contributed by atoms with Crippen molar-refractivity contribution in [2.75, 3.05) is 13.9 Å². The largest absolute Gasteiger partial charge is 0.493 e. The molecule has 7 nitrogen and oxygen atoms in total. The van der Waals surface area contributed by atoms with Crippen LogP contribution in [0.2, 0.25) is 5.02 Å². The number of carbonyl (C=O) groups is 2. The van der Waals surface area contributed by atoms with Crippen LogP contribution in [-0.4, -0.2) is 29.9 Å². The zero-order valence-electron chi connectivity index (χ0n) is 19.0. The summed E-state index contributed by atoms with van der Waals surface area (Å²) in [5, 5.41) is 0.0187. The van der Waals surface area contributed by atoms with Gasteiger partial charge in [-0.15, -0.1) is 0 Å². The third-order valence-corrected chi connectivity index (χ3v) is 7.32. The number of ether oxygens (including phenoxy) is 4. The van der Waals surface area contributed by atoms with E-state index >= 15 is 0 Å². The van der Waals surface area contributed by atoms with Crippen molar-refractivity contribution in [2.24, 2.45) is 0 Å². The molecule has 0 unspecified atom stereocenters. The summed E-state index contributed by atoms with van der Waals surface area (Å²) in [6.45, 7) is 0.484. The summed E-state index contributed by atoms with van der Waals surface area (Å²) in [5.41, 5.74) is 2.29. The van der Waals surface area contributed by atoms with E-state index in [0.717, 1.165) is 26.7 Å². The second kappa shape index (κ2) is 10.5. The molecule has 1 fully saturated rings. The van der Waals surface area contributed by atoms with E-state index in [1.54, 1.807) is 43.5 Å². The molecule has 36 heavy (non-hydrogen) atoms. The molecule has 0 spiro atoms. The van der Waals surface area contributed by atoms with Gasteiger partial charge in [-0.3, -0.25) is 14.5 Å². The van der Waals surface area contributed by atoms with Crippen molar-refractivity contribution in [2.45, 2.75) is 13.2 Å². The molecule has 2 amide bonds. The summed E-state index contributed by atoms with van der Waals surface area (Å²) in [5.74, 6) is 1.77. The van der Waals surface area contributed by atoms with Crippen LogP contribution in [0.5, 0.6) is 23.0 Å². The molecule has 0 N–H and O–H groups in total. The second-order valence-electron chi connectivity index (χ2n) is 7.89. The number of imide groups is 1. The number of fused-ring (bicyclic) bond motifs is 1. The highest BCUT2D eigenvalue weighted by Gasteiger charge is 2.35. The third kappa shape index (κ3) is 5.18. The third-order valence-electron chi connectivity index (χ3n) is 5.54. The first-order valence-corrected chi connectivity index (χ1v) is 12.8. The van der Waals surface area contributed by atoms with Gasteiger partial charge in [0.2, 0.25) is 6.79 Å². The first-order valence-electron chi connectivity index (χ1n) is 10.8. The molecule has 0 aliphatic carbocycles. The molecule has 0 radical (unpaired) electrons.